The Labute approximate surface area is 211 Å². The average molecular weight is 526 g/mol. The fourth-order valence-corrected chi connectivity index (χ4v) is 5.21. The highest BCUT2D eigenvalue weighted by Crippen LogP contribution is 2.51. The van der Waals surface area contributed by atoms with Gasteiger partial charge in [0.1, 0.15) is 11.6 Å². The van der Waals surface area contributed by atoms with Gasteiger partial charge in [-0.1, -0.05) is 41.9 Å². The minimum Gasteiger partial charge on any atom is -0.480 e. The van der Waals surface area contributed by atoms with Gasteiger partial charge in [-0.3, -0.25) is 4.57 Å². The van der Waals surface area contributed by atoms with Crippen LogP contribution < -0.4 is 5.32 Å². The molecule has 1 amide bonds. The average Bonchev–Trinajstić information content (AvgIpc) is 2.72. The van der Waals surface area contributed by atoms with E-state index in [4.69, 9.17) is 25.4 Å². The molecule has 0 aliphatic carbocycles. The lowest BCUT2D eigenvalue weighted by Gasteiger charge is -2.22. The number of alkyl carbamates (subject to hydrolysis) is 1. The summed E-state index contributed by atoms with van der Waals surface area (Å²) in [5.74, 6) is -1.20. The predicted octanol–water partition coefficient (Wildman–Crippen LogP) is 6.29. The highest BCUT2D eigenvalue weighted by Gasteiger charge is 2.27. The number of aliphatic carboxylic acids is 1. The van der Waals surface area contributed by atoms with Crippen LogP contribution in [0.1, 0.15) is 45.7 Å². The quantitative estimate of drug-likeness (QED) is 0.331. The van der Waals surface area contributed by atoms with Crippen molar-refractivity contribution in [1.29, 1.82) is 0 Å². The molecule has 0 saturated carbocycles. The van der Waals surface area contributed by atoms with Crippen LogP contribution in [0.3, 0.4) is 0 Å². The van der Waals surface area contributed by atoms with E-state index in [-0.39, 0.29) is 25.8 Å². The molecule has 192 valence electrons. The molecule has 2 N–H and O–H groups in total. The van der Waals surface area contributed by atoms with E-state index in [9.17, 15) is 19.3 Å². The van der Waals surface area contributed by atoms with Gasteiger partial charge in [0, 0.05) is 11.4 Å². The van der Waals surface area contributed by atoms with Gasteiger partial charge in [0.25, 0.3) is 0 Å². The number of ether oxygens (including phenoxy) is 1. The van der Waals surface area contributed by atoms with Crippen LogP contribution in [0, 0.1) is 0 Å². The Morgan fingerprint density at radius 1 is 1.00 bits per heavy atom. The Balaban J connectivity index is 2.44. The number of carbonyl (C=O) groups excluding carboxylic acids is 1. The molecule has 2 rings (SSSR count). The number of hydrogen-bond acceptors (Lipinski definition) is 6. The maximum atomic E-state index is 13.2. The van der Waals surface area contributed by atoms with Crippen LogP contribution in [0.2, 0.25) is 5.02 Å². The lowest BCUT2D eigenvalue weighted by Crippen LogP contribution is -2.44. The van der Waals surface area contributed by atoms with Gasteiger partial charge in [0.15, 0.2) is 0 Å². The van der Waals surface area contributed by atoms with Crippen LogP contribution in [0.15, 0.2) is 42.5 Å². The van der Waals surface area contributed by atoms with E-state index in [1.165, 1.54) is 0 Å². The summed E-state index contributed by atoms with van der Waals surface area (Å²) < 4.78 is 29.3. The van der Waals surface area contributed by atoms with Crippen LogP contribution in [0.4, 0.5) is 4.79 Å². The minimum absolute atomic E-state index is 0.0142. The summed E-state index contributed by atoms with van der Waals surface area (Å²) in [4.78, 5) is 24.1. The third kappa shape index (κ3) is 9.65. The summed E-state index contributed by atoms with van der Waals surface area (Å²) in [7, 11) is -3.41. The Morgan fingerprint density at radius 3 is 2.09 bits per heavy atom. The number of rotatable bonds is 11. The standard InChI is InChI=1S/C25H33ClNO7P/c1-6-32-35(31,33-7-2)16-18-12-17(13-20(14-18)19-8-10-21(26)11-9-19)15-22(23(28)29)27-24(30)34-25(3,4)5/h8-14,22H,6-7,15-16H2,1-5H3,(H,27,30)(H,28,29). The molecule has 0 saturated heterocycles. The van der Waals surface area contributed by atoms with Crippen molar-refractivity contribution in [2.75, 3.05) is 13.2 Å². The Bertz CT molecular complexity index is 1060. The highest BCUT2D eigenvalue weighted by molar-refractivity contribution is 7.53. The van der Waals surface area contributed by atoms with E-state index >= 15 is 0 Å². The number of benzene rings is 2. The van der Waals surface area contributed by atoms with Crippen molar-refractivity contribution >= 4 is 31.3 Å². The maximum absolute atomic E-state index is 13.2. The van der Waals surface area contributed by atoms with Gasteiger partial charge in [0.2, 0.25) is 0 Å². The van der Waals surface area contributed by atoms with Crippen molar-refractivity contribution in [2.24, 2.45) is 0 Å². The first-order valence-electron chi connectivity index (χ1n) is 11.3. The first-order valence-corrected chi connectivity index (χ1v) is 13.4. The van der Waals surface area contributed by atoms with E-state index in [0.29, 0.717) is 16.1 Å². The zero-order chi connectivity index (χ0) is 26.2. The predicted molar refractivity (Wildman–Crippen MR) is 136 cm³/mol. The number of amides is 1. The molecule has 10 heteroatoms. The van der Waals surface area contributed by atoms with Gasteiger partial charge in [-0.15, -0.1) is 0 Å². The Kier molecular flexibility index (Phi) is 10.3. The molecule has 0 aliphatic heterocycles. The molecule has 0 radical (unpaired) electrons. The molecule has 1 atom stereocenters. The molecule has 0 spiro atoms. The third-order valence-corrected chi connectivity index (χ3v) is 6.99. The molecule has 35 heavy (non-hydrogen) atoms. The molecule has 0 aromatic heterocycles. The fraction of sp³-hybridized carbons (Fsp3) is 0.440. The van der Waals surface area contributed by atoms with E-state index in [0.717, 1.165) is 11.1 Å². The normalized spacial score (nSPS) is 12.7. The number of carboxylic acids is 1. The molecule has 1 unspecified atom stereocenters. The monoisotopic (exact) mass is 525 g/mol. The van der Waals surface area contributed by atoms with Gasteiger partial charge in [-0.05, 0) is 69.0 Å². The molecule has 2 aromatic carbocycles. The number of nitrogens with one attached hydrogen (secondary N) is 1. The molecular weight excluding hydrogens is 493 g/mol. The summed E-state index contributed by atoms with van der Waals surface area (Å²) in [6.45, 7) is 9.00. The molecule has 8 nitrogen and oxygen atoms in total. The maximum Gasteiger partial charge on any atom is 0.408 e. The summed E-state index contributed by atoms with van der Waals surface area (Å²) in [6.07, 6.45) is -0.826. The SMILES string of the molecule is CCOP(=O)(Cc1cc(CC(NC(=O)OC(C)(C)C)C(=O)O)cc(-c2ccc(Cl)cc2)c1)OCC. The second kappa shape index (κ2) is 12.5. The lowest BCUT2D eigenvalue weighted by molar-refractivity contribution is -0.139. The minimum atomic E-state index is -3.41. The van der Waals surface area contributed by atoms with Crippen molar-refractivity contribution < 1.29 is 33.0 Å². The van der Waals surface area contributed by atoms with Crippen LogP contribution in [-0.4, -0.2) is 42.0 Å². The Hall–Kier alpha value is -2.38. The molecule has 0 fully saturated rings. The lowest BCUT2D eigenvalue weighted by atomic mass is 9.97. The van der Waals surface area contributed by atoms with Gasteiger partial charge in [0.05, 0.1) is 19.4 Å². The van der Waals surface area contributed by atoms with Crippen molar-refractivity contribution in [3.63, 3.8) is 0 Å². The number of hydrogen-bond donors (Lipinski definition) is 2. The number of halogens is 1. The summed E-state index contributed by atoms with van der Waals surface area (Å²) in [5.41, 5.74) is 2.12. The number of carboxylic acid groups (broad SMARTS) is 1. The van der Waals surface area contributed by atoms with Crippen LogP contribution in [0.5, 0.6) is 0 Å². The zero-order valence-electron chi connectivity index (χ0n) is 20.7. The van der Waals surface area contributed by atoms with Crippen molar-refractivity contribution in [2.45, 2.75) is 58.8 Å². The Morgan fingerprint density at radius 2 is 1.57 bits per heavy atom. The van der Waals surface area contributed by atoms with Crippen LogP contribution >= 0.6 is 19.2 Å². The van der Waals surface area contributed by atoms with Crippen molar-refractivity contribution in [3.05, 3.63) is 58.6 Å². The van der Waals surface area contributed by atoms with E-state index in [2.05, 4.69) is 5.32 Å². The molecule has 2 aromatic rings. The molecular formula is C25H33ClNO7P. The largest absolute Gasteiger partial charge is 0.480 e. The summed E-state index contributed by atoms with van der Waals surface area (Å²) in [5, 5.41) is 12.7. The van der Waals surface area contributed by atoms with Crippen molar-refractivity contribution in [3.8, 4) is 11.1 Å². The highest BCUT2D eigenvalue weighted by atomic mass is 35.5. The second-order valence-electron chi connectivity index (χ2n) is 8.89. The second-order valence-corrected chi connectivity index (χ2v) is 11.4. The van der Waals surface area contributed by atoms with E-state index in [1.54, 1.807) is 52.8 Å². The van der Waals surface area contributed by atoms with E-state index < -0.39 is 31.3 Å². The van der Waals surface area contributed by atoms with Gasteiger partial charge in [-0.2, -0.15) is 0 Å². The first kappa shape index (κ1) is 28.9. The summed E-state index contributed by atoms with van der Waals surface area (Å²) >= 11 is 6.03. The van der Waals surface area contributed by atoms with Crippen LogP contribution in [0.25, 0.3) is 11.1 Å². The fourth-order valence-electron chi connectivity index (χ4n) is 3.41. The first-order chi connectivity index (χ1) is 16.3. The smallest absolute Gasteiger partial charge is 0.408 e. The molecule has 0 bridgehead atoms. The summed E-state index contributed by atoms with van der Waals surface area (Å²) in [6, 6.07) is 11.4. The molecule has 0 aliphatic rings. The third-order valence-electron chi connectivity index (χ3n) is 4.69. The van der Waals surface area contributed by atoms with Gasteiger partial charge < -0.3 is 24.2 Å². The van der Waals surface area contributed by atoms with Gasteiger partial charge in [-0.25, -0.2) is 9.59 Å². The number of carbonyl (C=O) groups is 2. The van der Waals surface area contributed by atoms with Crippen molar-refractivity contribution in [1.82, 2.24) is 5.32 Å². The van der Waals surface area contributed by atoms with Gasteiger partial charge >= 0.3 is 19.7 Å². The van der Waals surface area contributed by atoms with Crippen LogP contribution in [-0.2, 0) is 35.7 Å². The topological polar surface area (TPSA) is 111 Å². The zero-order valence-corrected chi connectivity index (χ0v) is 22.3. The molecule has 0 heterocycles. The van der Waals surface area contributed by atoms with E-state index in [1.807, 2.05) is 24.3 Å².